The van der Waals surface area contributed by atoms with E-state index < -0.39 is 0 Å². The normalized spacial score (nSPS) is 8.33. The summed E-state index contributed by atoms with van der Waals surface area (Å²) in [6.45, 7) is 6.27. The van der Waals surface area contributed by atoms with Gasteiger partial charge < -0.3 is 4.74 Å². The van der Waals surface area contributed by atoms with Crippen molar-refractivity contribution in [2.24, 2.45) is 5.73 Å². The SMILES string of the molecule is CC.Cc1ccc(OCN)cc1. The van der Waals surface area contributed by atoms with Gasteiger partial charge in [0.25, 0.3) is 0 Å². The van der Waals surface area contributed by atoms with Crippen LogP contribution in [0.4, 0.5) is 0 Å². The zero-order valence-electron chi connectivity index (χ0n) is 8.00. The summed E-state index contributed by atoms with van der Waals surface area (Å²) in [7, 11) is 0. The van der Waals surface area contributed by atoms with Gasteiger partial charge in [0.1, 0.15) is 12.5 Å². The van der Waals surface area contributed by atoms with E-state index in [1.54, 1.807) is 0 Å². The zero-order valence-corrected chi connectivity index (χ0v) is 8.00. The van der Waals surface area contributed by atoms with E-state index in [0.29, 0.717) is 0 Å². The molecule has 0 fully saturated rings. The lowest BCUT2D eigenvalue weighted by molar-refractivity contribution is 0.329. The van der Waals surface area contributed by atoms with E-state index in [0.717, 1.165) is 5.75 Å². The average Bonchev–Trinajstić information content (AvgIpc) is 2.13. The van der Waals surface area contributed by atoms with Crippen molar-refractivity contribution < 1.29 is 4.74 Å². The van der Waals surface area contributed by atoms with E-state index in [2.05, 4.69) is 0 Å². The van der Waals surface area contributed by atoms with E-state index >= 15 is 0 Å². The van der Waals surface area contributed by atoms with Crippen molar-refractivity contribution in [2.75, 3.05) is 6.73 Å². The van der Waals surface area contributed by atoms with Crippen LogP contribution in [0.15, 0.2) is 24.3 Å². The standard InChI is InChI=1S/C8H11NO.C2H6/c1-7-2-4-8(5-3-7)10-6-9;1-2/h2-5H,6,9H2,1H3;1-2H3. The summed E-state index contributed by atoms with van der Waals surface area (Å²) in [6.07, 6.45) is 0. The van der Waals surface area contributed by atoms with Gasteiger partial charge in [0.05, 0.1) is 0 Å². The largest absolute Gasteiger partial charge is 0.479 e. The van der Waals surface area contributed by atoms with Gasteiger partial charge >= 0.3 is 0 Å². The second kappa shape index (κ2) is 6.68. The number of aryl methyl sites for hydroxylation is 1. The van der Waals surface area contributed by atoms with Crippen molar-refractivity contribution >= 4 is 0 Å². The Morgan fingerprint density at radius 1 is 1.17 bits per heavy atom. The number of nitrogens with two attached hydrogens (primary N) is 1. The molecule has 1 rings (SSSR count). The molecule has 0 heterocycles. The van der Waals surface area contributed by atoms with Gasteiger partial charge in [0.2, 0.25) is 0 Å². The van der Waals surface area contributed by atoms with Crippen LogP contribution in [0, 0.1) is 6.92 Å². The fraction of sp³-hybridized carbons (Fsp3) is 0.400. The van der Waals surface area contributed by atoms with Crippen molar-refractivity contribution in [2.45, 2.75) is 20.8 Å². The molecule has 0 spiro atoms. The Kier molecular flexibility index (Phi) is 6.11. The van der Waals surface area contributed by atoms with Crippen LogP contribution in [0.3, 0.4) is 0 Å². The van der Waals surface area contributed by atoms with E-state index in [1.807, 2.05) is 45.0 Å². The van der Waals surface area contributed by atoms with Gasteiger partial charge in [-0.25, -0.2) is 0 Å². The van der Waals surface area contributed by atoms with Crippen molar-refractivity contribution in [3.63, 3.8) is 0 Å². The lowest BCUT2D eigenvalue weighted by Crippen LogP contribution is -2.06. The zero-order chi connectivity index (χ0) is 9.40. The Morgan fingerprint density at radius 3 is 2.08 bits per heavy atom. The molecule has 2 heteroatoms. The first-order valence-electron chi connectivity index (χ1n) is 4.22. The van der Waals surface area contributed by atoms with Crippen LogP contribution in [-0.2, 0) is 0 Å². The molecule has 0 aromatic heterocycles. The predicted molar refractivity (Wildman–Crippen MR) is 52.2 cm³/mol. The van der Waals surface area contributed by atoms with Crippen molar-refractivity contribution in [1.29, 1.82) is 0 Å². The van der Waals surface area contributed by atoms with Crippen molar-refractivity contribution in [3.8, 4) is 5.75 Å². The van der Waals surface area contributed by atoms with Crippen molar-refractivity contribution in [3.05, 3.63) is 29.8 Å². The summed E-state index contributed by atoms with van der Waals surface area (Å²) < 4.78 is 5.04. The van der Waals surface area contributed by atoms with Crippen LogP contribution in [0.25, 0.3) is 0 Å². The molecule has 0 bridgehead atoms. The van der Waals surface area contributed by atoms with E-state index in [-0.39, 0.29) is 6.73 Å². The molecule has 1 aromatic carbocycles. The summed E-state index contributed by atoms with van der Waals surface area (Å²) >= 11 is 0. The maximum absolute atomic E-state index is 5.18. The Balaban J connectivity index is 0.000000561. The lowest BCUT2D eigenvalue weighted by Gasteiger charge is -2.00. The fourth-order valence-electron chi connectivity index (χ4n) is 0.731. The number of hydrogen-bond acceptors (Lipinski definition) is 2. The molecule has 2 N–H and O–H groups in total. The first-order chi connectivity index (χ1) is 5.83. The van der Waals surface area contributed by atoms with Crippen LogP contribution in [-0.4, -0.2) is 6.73 Å². The Morgan fingerprint density at radius 2 is 1.67 bits per heavy atom. The number of ether oxygens (including phenoxy) is 1. The highest BCUT2D eigenvalue weighted by atomic mass is 16.5. The minimum atomic E-state index is 0.239. The topological polar surface area (TPSA) is 35.2 Å². The maximum atomic E-state index is 5.18. The highest BCUT2D eigenvalue weighted by molar-refractivity contribution is 5.26. The summed E-state index contributed by atoms with van der Waals surface area (Å²) in [5.74, 6) is 0.827. The summed E-state index contributed by atoms with van der Waals surface area (Å²) in [5.41, 5.74) is 6.40. The molecule has 0 saturated carbocycles. The molecule has 0 radical (unpaired) electrons. The molecular formula is C10H17NO. The van der Waals surface area contributed by atoms with Crippen LogP contribution >= 0.6 is 0 Å². The first kappa shape index (κ1) is 11.0. The van der Waals surface area contributed by atoms with Gasteiger partial charge in [-0.3, -0.25) is 5.73 Å². The molecule has 68 valence electrons. The van der Waals surface area contributed by atoms with Gasteiger partial charge in [-0.1, -0.05) is 31.5 Å². The molecule has 0 saturated heterocycles. The third kappa shape index (κ3) is 3.98. The van der Waals surface area contributed by atoms with E-state index in [9.17, 15) is 0 Å². The molecule has 0 aliphatic carbocycles. The number of benzene rings is 1. The highest BCUT2D eigenvalue weighted by Gasteiger charge is 1.88. The van der Waals surface area contributed by atoms with Crippen LogP contribution in [0.2, 0.25) is 0 Å². The van der Waals surface area contributed by atoms with Gasteiger partial charge in [-0.05, 0) is 19.1 Å². The van der Waals surface area contributed by atoms with Crippen LogP contribution in [0.1, 0.15) is 19.4 Å². The monoisotopic (exact) mass is 167 g/mol. The summed E-state index contributed by atoms with van der Waals surface area (Å²) in [4.78, 5) is 0. The maximum Gasteiger partial charge on any atom is 0.137 e. The Bertz CT molecular complexity index is 193. The quantitative estimate of drug-likeness (QED) is 0.686. The molecule has 0 unspecified atom stereocenters. The number of rotatable bonds is 2. The minimum Gasteiger partial charge on any atom is -0.479 e. The highest BCUT2D eigenvalue weighted by Crippen LogP contribution is 2.09. The third-order valence-corrected chi connectivity index (χ3v) is 1.27. The Labute approximate surface area is 74.4 Å². The fourth-order valence-corrected chi connectivity index (χ4v) is 0.731. The smallest absolute Gasteiger partial charge is 0.137 e. The number of hydrogen-bond donors (Lipinski definition) is 1. The molecular weight excluding hydrogens is 150 g/mol. The van der Waals surface area contributed by atoms with Gasteiger partial charge in [-0.2, -0.15) is 0 Å². The Hall–Kier alpha value is -1.02. The van der Waals surface area contributed by atoms with Gasteiger partial charge in [0, 0.05) is 0 Å². The third-order valence-electron chi connectivity index (χ3n) is 1.27. The van der Waals surface area contributed by atoms with Gasteiger partial charge in [-0.15, -0.1) is 0 Å². The second-order valence-corrected chi connectivity index (χ2v) is 2.12. The van der Waals surface area contributed by atoms with Gasteiger partial charge in [0.15, 0.2) is 0 Å². The van der Waals surface area contributed by atoms with E-state index in [1.165, 1.54) is 5.56 Å². The molecule has 0 aliphatic rings. The molecule has 0 aliphatic heterocycles. The molecule has 0 amide bonds. The minimum absolute atomic E-state index is 0.239. The average molecular weight is 167 g/mol. The molecule has 2 nitrogen and oxygen atoms in total. The summed E-state index contributed by atoms with van der Waals surface area (Å²) in [6, 6.07) is 7.79. The summed E-state index contributed by atoms with van der Waals surface area (Å²) in [5, 5.41) is 0. The molecule has 12 heavy (non-hydrogen) atoms. The molecule has 1 aromatic rings. The van der Waals surface area contributed by atoms with Crippen LogP contribution < -0.4 is 10.5 Å². The van der Waals surface area contributed by atoms with Crippen molar-refractivity contribution in [1.82, 2.24) is 0 Å². The predicted octanol–water partition coefficient (Wildman–Crippen LogP) is 2.32. The first-order valence-corrected chi connectivity index (χ1v) is 4.22. The molecule has 0 atom stereocenters. The van der Waals surface area contributed by atoms with E-state index in [4.69, 9.17) is 10.5 Å². The lowest BCUT2D eigenvalue weighted by atomic mass is 10.2. The van der Waals surface area contributed by atoms with Crippen LogP contribution in [0.5, 0.6) is 5.75 Å². The second-order valence-electron chi connectivity index (χ2n) is 2.12.